The molecular formula is C26H37Cl2N7O2. The minimum absolute atomic E-state index is 0. The van der Waals surface area contributed by atoms with Gasteiger partial charge in [-0.05, 0) is 63.1 Å². The average Bonchev–Trinajstić information content (AvgIpc) is 3.54. The summed E-state index contributed by atoms with van der Waals surface area (Å²) < 4.78 is 7.36. The second-order valence-corrected chi connectivity index (χ2v) is 9.69. The fraction of sp³-hybridized carbons (Fsp3) is 0.538. The number of ether oxygens (including phenoxy) is 1. The van der Waals surface area contributed by atoms with Crippen LogP contribution in [-0.4, -0.2) is 44.2 Å². The summed E-state index contributed by atoms with van der Waals surface area (Å²) in [7, 11) is 0. The van der Waals surface area contributed by atoms with Crippen molar-refractivity contribution in [3.05, 3.63) is 41.7 Å². The van der Waals surface area contributed by atoms with E-state index in [1.54, 1.807) is 6.07 Å². The van der Waals surface area contributed by atoms with Crippen molar-refractivity contribution in [1.29, 1.82) is 0 Å². The quantitative estimate of drug-likeness (QED) is 0.325. The first kappa shape index (κ1) is 28.9. The Bertz CT molecular complexity index is 1170. The van der Waals surface area contributed by atoms with Crippen molar-refractivity contribution >= 4 is 53.7 Å². The van der Waals surface area contributed by atoms with Gasteiger partial charge in [-0.25, -0.2) is 9.78 Å². The predicted octanol–water partition coefficient (Wildman–Crippen LogP) is 5.26. The van der Waals surface area contributed by atoms with E-state index in [9.17, 15) is 4.79 Å². The van der Waals surface area contributed by atoms with Gasteiger partial charge >= 0.3 is 5.97 Å². The Hall–Kier alpha value is -2.62. The molecule has 0 bridgehead atoms. The zero-order valence-electron chi connectivity index (χ0n) is 21.2. The fourth-order valence-electron chi connectivity index (χ4n) is 5.21. The number of hydrogen-bond donors (Lipinski definition) is 3. The molecule has 202 valence electrons. The number of fused-ring (bicyclic) bond motifs is 1. The summed E-state index contributed by atoms with van der Waals surface area (Å²) >= 11 is 0. The van der Waals surface area contributed by atoms with Gasteiger partial charge in [0.05, 0.1) is 18.5 Å². The van der Waals surface area contributed by atoms with E-state index in [4.69, 9.17) is 25.4 Å². The molecule has 11 heteroatoms. The normalized spacial score (nSPS) is 19.6. The number of anilines is 2. The van der Waals surface area contributed by atoms with E-state index < -0.39 is 0 Å². The van der Waals surface area contributed by atoms with Crippen LogP contribution >= 0.6 is 24.8 Å². The molecule has 0 amide bonds. The number of halogens is 2. The first-order chi connectivity index (χ1) is 17.1. The number of esters is 1. The molecule has 0 saturated heterocycles. The fourth-order valence-corrected chi connectivity index (χ4v) is 5.21. The van der Waals surface area contributed by atoms with Crippen LogP contribution in [0.15, 0.2) is 30.6 Å². The van der Waals surface area contributed by atoms with E-state index in [0.29, 0.717) is 48.6 Å². The highest BCUT2D eigenvalue weighted by molar-refractivity contribution is 5.89. The Morgan fingerprint density at radius 3 is 2.59 bits per heavy atom. The number of nitrogens with zero attached hydrogens (tertiary/aromatic N) is 4. The Morgan fingerprint density at radius 1 is 1.11 bits per heavy atom. The lowest BCUT2D eigenvalue weighted by Gasteiger charge is -2.27. The SMILES string of the molecule is CCOC(=O)c1cccc(CNc2nc(NC3CCC(N)CC3)nc3c2ncn3C2CCCC2)c1.Cl.Cl. The summed E-state index contributed by atoms with van der Waals surface area (Å²) in [6, 6.07) is 8.53. The zero-order valence-corrected chi connectivity index (χ0v) is 22.8. The third-order valence-electron chi connectivity index (χ3n) is 7.14. The lowest BCUT2D eigenvalue weighted by Crippen LogP contribution is -2.33. The Labute approximate surface area is 230 Å². The molecule has 4 N–H and O–H groups in total. The van der Waals surface area contributed by atoms with Crippen LogP contribution in [0.25, 0.3) is 11.2 Å². The van der Waals surface area contributed by atoms with E-state index in [2.05, 4.69) is 15.2 Å². The van der Waals surface area contributed by atoms with Crippen molar-refractivity contribution in [2.24, 2.45) is 5.73 Å². The van der Waals surface area contributed by atoms with E-state index in [-0.39, 0.29) is 30.8 Å². The van der Waals surface area contributed by atoms with Gasteiger partial charge in [0.15, 0.2) is 17.0 Å². The van der Waals surface area contributed by atoms with Crippen LogP contribution in [0.5, 0.6) is 0 Å². The number of nitrogens with one attached hydrogen (secondary N) is 2. The van der Waals surface area contributed by atoms with Crippen LogP contribution < -0.4 is 16.4 Å². The molecule has 5 rings (SSSR count). The number of imidazole rings is 1. The first-order valence-electron chi connectivity index (χ1n) is 12.9. The van der Waals surface area contributed by atoms with Gasteiger partial charge in [-0.3, -0.25) is 0 Å². The molecule has 3 aromatic rings. The summed E-state index contributed by atoms with van der Waals surface area (Å²) in [5, 5.41) is 7.01. The number of nitrogens with two attached hydrogens (primary N) is 1. The second kappa shape index (κ2) is 13.3. The van der Waals surface area contributed by atoms with Crippen molar-refractivity contribution in [3.63, 3.8) is 0 Å². The van der Waals surface area contributed by atoms with Crippen LogP contribution in [0.3, 0.4) is 0 Å². The molecule has 2 aliphatic rings. The van der Waals surface area contributed by atoms with Crippen LogP contribution in [0.2, 0.25) is 0 Å². The highest BCUT2D eigenvalue weighted by Crippen LogP contribution is 2.33. The van der Waals surface area contributed by atoms with Gasteiger partial charge in [0.25, 0.3) is 0 Å². The van der Waals surface area contributed by atoms with Gasteiger partial charge in [0.2, 0.25) is 5.95 Å². The van der Waals surface area contributed by atoms with Crippen molar-refractivity contribution < 1.29 is 9.53 Å². The Balaban J connectivity index is 0.00000190. The summed E-state index contributed by atoms with van der Waals surface area (Å²) in [5.74, 6) is 1.01. The molecule has 37 heavy (non-hydrogen) atoms. The standard InChI is InChI=1S/C26H35N7O2.2ClH/c1-2-35-25(34)18-7-5-6-17(14-18)15-28-23-22-24(33(16-29-22)21-8-3-4-9-21)32-26(31-23)30-20-12-10-19(27)11-13-20;;/h5-7,14,16,19-21H,2-4,8-13,15,27H2,1H3,(H2,28,30,31,32);2*1H. The monoisotopic (exact) mass is 549 g/mol. The lowest BCUT2D eigenvalue weighted by atomic mass is 9.92. The lowest BCUT2D eigenvalue weighted by molar-refractivity contribution is 0.0526. The van der Waals surface area contributed by atoms with Crippen molar-refractivity contribution in [3.8, 4) is 0 Å². The topological polar surface area (TPSA) is 120 Å². The summed E-state index contributed by atoms with van der Waals surface area (Å²) in [5.41, 5.74) is 9.24. The van der Waals surface area contributed by atoms with Gasteiger partial charge in [-0.1, -0.05) is 25.0 Å². The van der Waals surface area contributed by atoms with Crippen LogP contribution in [0, 0.1) is 0 Å². The number of rotatable bonds is 8. The molecule has 2 heterocycles. The third-order valence-corrected chi connectivity index (χ3v) is 7.14. The second-order valence-electron chi connectivity index (χ2n) is 9.69. The predicted molar refractivity (Wildman–Crippen MR) is 151 cm³/mol. The van der Waals surface area contributed by atoms with E-state index in [0.717, 1.165) is 55.3 Å². The highest BCUT2D eigenvalue weighted by Gasteiger charge is 2.24. The maximum atomic E-state index is 12.1. The minimum atomic E-state index is -0.312. The van der Waals surface area contributed by atoms with E-state index in [1.807, 2.05) is 31.5 Å². The maximum absolute atomic E-state index is 12.1. The number of hydrogen-bond acceptors (Lipinski definition) is 8. The first-order valence-corrected chi connectivity index (χ1v) is 12.9. The number of benzene rings is 1. The number of carbonyl (C=O) groups is 1. The molecule has 0 aliphatic heterocycles. The van der Waals surface area contributed by atoms with Crippen molar-refractivity contribution in [2.45, 2.75) is 83.0 Å². The third kappa shape index (κ3) is 6.83. The molecule has 2 aromatic heterocycles. The molecule has 1 aromatic carbocycles. The highest BCUT2D eigenvalue weighted by atomic mass is 35.5. The molecular weight excluding hydrogens is 513 g/mol. The van der Waals surface area contributed by atoms with Gasteiger partial charge < -0.3 is 25.7 Å². The largest absolute Gasteiger partial charge is 0.462 e. The van der Waals surface area contributed by atoms with E-state index in [1.165, 1.54) is 12.8 Å². The maximum Gasteiger partial charge on any atom is 0.338 e. The molecule has 2 saturated carbocycles. The molecule has 9 nitrogen and oxygen atoms in total. The molecule has 0 unspecified atom stereocenters. The molecule has 2 aliphatic carbocycles. The van der Waals surface area contributed by atoms with Gasteiger partial charge in [-0.15, -0.1) is 24.8 Å². The van der Waals surface area contributed by atoms with Crippen molar-refractivity contribution in [1.82, 2.24) is 19.5 Å². The van der Waals surface area contributed by atoms with E-state index >= 15 is 0 Å². The van der Waals surface area contributed by atoms with Crippen LogP contribution in [0.1, 0.15) is 80.3 Å². The summed E-state index contributed by atoms with van der Waals surface area (Å²) in [4.78, 5) is 26.6. The Morgan fingerprint density at radius 2 is 1.86 bits per heavy atom. The Kier molecular flexibility index (Phi) is 10.4. The van der Waals surface area contributed by atoms with Crippen molar-refractivity contribution in [2.75, 3.05) is 17.2 Å². The minimum Gasteiger partial charge on any atom is -0.462 e. The summed E-state index contributed by atoms with van der Waals surface area (Å²) in [6.07, 6.45) is 10.8. The van der Waals surface area contributed by atoms with Gasteiger partial charge in [0.1, 0.15) is 0 Å². The number of carbonyl (C=O) groups excluding carboxylic acids is 1. The van der Waals surface area contributed by atoms with Crippen LogP contribution in [-0.2, 0) is 11.3 Å². The molecule has 2 fully saturated rings. The van der Waals surface area contributed by atoms with Gasteiger partial charge in [-0.2, -0.15) is 9.97 Å². The molecule has 0 radical (unpaired) electrons. The number of aromatic nitrogens is 4. The zero-order chi connectivity index (χ0) is 24.2. The smallest absolute Gasteiger partial charge is 0.338 e. The molecule has 0 atom stereocenters. The molecule has 0 spiro atoms. The van der Waals surface area contributed by atoms with Crippen LogP contribution in [0.4, 0.5) is 11.8 Å². The van der Waals surface area contributed by atoms with Gasteiger partial charge in [0, 0.05) is 24.7 Å². The summed E-state index contributed by atoms with van der Waals surface area (Å²) in [6.45, 7) is 2.67. The average molecular weight is 551 g/mol.